The van der Waals surface area contributed by atoms with Gasteiger partial charge in [0.1, 0.15) is 9.84 Å². The van der Waals surface area contributed by atoms with Crippen LogP contribution in [0.2, 0.25) is 0 Å². The minimum atomic E-state index is -2.99. The molecule has 0 saturated carbocycles. The molecule has 10 heteroatoms. The lowest BCUT2D eigenvalue weighted by Crippen LogP contribution is -2.57. The Morgan fingerprint density at radius 1 is 1.07 bits per heavy atom. The second-order valence-corrected chi connectivity index (χ2v) is 9.97. The third-order valence-electron chi connectivity index (χ3n) is 5.37. The largest absolute Gasteiger partial charge is 0.378 e. The number of aliphatic imine (C=N–C) groups is 1. The van der Waals surface area contributed by atoms with E-state index in [9.17, 15) is 13.2 Å². The van der Waals surface area contributed by atoms with Crippen molar-refractivity contribution in [1.82, 2.24) is 20.0 Å². The summed E-state index contributed by atoms with van der Waals surface area (Å²) in [5.41, 5.74) is 0. The Balaban J connectivity index is 1.77. The molecule has 2 heterocycles. The fraction of sp³-hybridized carbons (Fsp3) is 0.895. The van der Waals surface area contributed by atoms with E-state index < -0.39 is 9.84 Å². The van der Waals surface area contributed by atoms with Gasteiger partial charge in [0.2, 0.25) is 5.91 Å². The van der Waals surface area contributed by atoms with E-state index in [2.05, 4.69) is 20.1 Å². The van der Waals surface area contributed by atoms with Crippen LogP contribution in [-0.4, -0.2) is 119 Å². The molecule has 0 aromatic rings. The van der Waals surface area contributed by atoms with Crippen LogP contribution in [0.5, 0.6) is 0 Å². The maximum atomic E-state index is 12.6. The van der Waals surface area contributed by atoms with E-state index >= 15 is 0 Å². The first-order valence-corrected chi connectivity index (χ1v) is 12.7. The predicted octanol–water partition coefficient (Wildman–Crippen LogP) is -0.358. The molecule has 0 spiro atoms. The molecule has 0 aliphatic carbocycles. The second kappa shape index (κ2) is 11.7. The fourth-order valence-electron chi connectivity index (χ4n) is 3.63. The first-order valence-electron chi connectivity index (χ1n) is 10.6. The van der Waals surface area contributed by atoms with Gasteiger partial charge in [0.25, 0.3) is 0 Å². The van der Waals surface area contributed by atoms with E-state index in [0.717, 1.165) is 64.6 Å². The van der Waals surface area contributed by atoms with E-state index in [1.807, 2.05) is 18.7 Å². The highest BCUT2D eigenvalue weighted by Gasteiger charge is 2.30. The molecule has 9 nitrogen and oxygen atoms in total. The number of hydrogen-bond donors (Lipinski definition) is 1. The molecule has 0 aromatic heterocycles. The maximum absolute atomic E-state index is 12.6. The van der Waals surface area contributed by atoms with Crippen LogP contribution in [0.3, 0.4) is 0 Å². The molecular formula is C19H37N5O4S. The summed E-state index contributed by atoms with van der Waals surface area (Å²) in [6.45, 7) is 11.0. The molecule has 2 aliphatic heterocycles. The third kappa shape index (κ3) is 8.10. The summed E-state index contributed by atoms with van der Waals surface area (Å²) in [6.07, 6.45) is 3.44. The van der Waals surface area contributed by atoms with Gasteiger partial charge in [-0.3, -0.25) is 14.7 Å². The van der Waals surface area contributed by atoms with Crippen LogP contribution in [-0.2, 0) is 19.4 Å². The molecule has 0 bridgehead atoms. The van der Waals surface area contributed by atoms with Crippen LogP contribution in [0.15, 0.2) is 4.99 Å². The van der Waals surface area contributed by atoms with Gasteiger partial charge in [-0.1, -0.05) is 0 Å². The number of amides is 1. The Kier molecular flexibility index (Phi) is 9.64. The van der Waals surface area contributed by atoms with Gasteiger partial charge < -0.3 is 19.9 Å². The van der Waals surface area contributed by atoms with Crippen LogP contribution in [0.1, 0.15) is 26.7 Å². The zero-order chi connectivity index (χ0) is 21.3. The van der Waals surface area contributed by atoms with Crippen LogP contribution < -0.4 is 5.32 Å². The van der Waals surface area contributed by atoms with Gasteiger partial charge in [0.05, 0.1) is 31.6 Å². The number of nitrogens with zero attached hydrogens (tertiary/aromatic N) is 4. The van der Waals surface area contributed by atoms with Crippen molar-refractivity contribution in [2.75, 3.05) is 77.6 Å². The highest BCUT2D eigenvalue weighted by molar-refractivity contribution is 7.90. The number of carbonyl (C=O) groups is 1. The molecule has 2 rings (SSSR count). The first kappa shape index (κ1) is 23.9. The smallest absolute Gasteiger partial charge is 0.239 e. The van der Waals surface area contributed by atoms with Crippen LogP contribution in [0, 0.1) is 0 Å². The number of nitrogens with one attached hydrogen (secondary N) is 1. The fourth-order valence-corrected chi connectivity index (χ4v) is 4.05. The first-order chi connectivity index (χ1) is 13.8. The van der Waals surface area contributed by atoms with E-state index in [4.69, 9.17) is 4.74 Å². The molecule has 1 unspecified atom stereocenters. The average Bonchev–Trinajstić information content (AvgIpc) is 3.23. The second-order valence-electron chi connectivity index (χ2n) is 7.71. The van der Waals surface area contributed by atoms with Crippen molar-refractivity contribution in [2.24, 2.45) is 4.99 Å². The summed E-state index contributed by atoms with van der Waals surface area (Å²) in [5, 5.41) is 3.31. The molecule has 0 radical (unpaired) electrons. The zero-order valence-electron chi connectivity index (χ0n) is 18.1. The van der Waals surface area contributed by atoms with Crippen molar-refractivity contribution in [3.63, 3.8) is 0 Å². The number of sulfone groups is 1. The quantitative estimate of drug-likeness (QED) is 0.303. The summed E-state index contributed by atoms with van der Waals surface area (Å²) < 4.78 is 27.6. The van der Waals surface area contributed by atoms with Crippen molar-refractivity contribution in [3.8, 4) is 0 Å². The minimum Gasteiger partial charge on any atom is -0.378 e. The Morgan fingerprint density at radius 2 is 1.72 bits per heavy atom. The number of carbonyl (C=O) groups excluding carboxylic acids is 1. The van der Waals surface area contributed by atoms with Crippen LogP contribution in [0.4, 0.5) is 0 Å². The Morgan fingerprint density at radius 3 is 2.31 bits per heavy atom. The molecule has 168 valence electrons. The van der Waals surface area contributed by atoms with E-state index in [1.165, 1.54) is 6.26 Å². The summed E-state index contributed by atoms with van der Waals surface area (Å²) >= 11 is 0. The number of rotatable bonds is 9. The van der Waals surface area contributed by atoms with Crippen molar-refractivity contribution in [3.05, 3.63) is 0 Å². The van der Waals surface area contributed by atoms with Crippen molar-refractivity contribution in [1.29, 1.82) is 0 Å². The molecule has 2 aliphatic rings. The summed E-state index contributed by atoms with van der Waals surface area (Å²) in [4.78, 5) is 23.7. The van der Waals surface area contributed by atoms with Gasteiger partial charge in [0.15, 0.2) is 5.96 Å². The number of guanidine groups is 1. The van der Waals surface area contributed by atoms with Gasteiger partial charge in [-0.15, -0.1) is 0 Å². The van der Waals surface area contributed by atoms with Gasteiger partial charge in [0, 0.05) is 52.1 Å². The molecule has 2 fully saturated rings. The summed E-state index contributed by atoms with van der Waals surface area (Å²) in [6, 6.07) is -0.0713. The normalized spacial score (nSPS) is 20.2. The summed E-state index contributed by atoms with van der Waals surface area (Å²) in [7, 11) is -2.99. The average molecular weight is 432 g/mol. The van der Waals surface area contributed by atoms with Gasteiger partial charge in [-0.05, 0) is 26.7 Å². The monoisotopic (exact) mass is 431 g/mol. The Bertz CT molecular complexity index is 641. The highest BCUT2D eigenvalue weighted by Crippen LogP contribution is 2.14. The molecule has 29 heavy (non-hydrogen) atoms. The van der Waals surface area contributed by atoms with Gasteiger partial charge >= 0.3 is 0 Å². The highest BCUT2D eigenvalue weighted by atomic mass is 32.2. The molecule has 1 amide bonds. The predicted molar refractivity (Wildman–Crippen MR) is 115 cm³/mol. The molecular weight excluding hydrogens is 394 g/mol. The van der Waals surface area contributed by atoms with Gasteiger partial charge in [-0.25, -0.2) is 8.42 Å². The minimum absolute atomic E-state index is 0.0348. The van der Waals surface area contributed by atoms with E-state index in [-0.39, 0.29) is 24.3 Å². The number of likely N-dealkylation sites (tertiary alicyclic amines) is 1. The summed E-state index contributed by atoms with van der Waals surface area (Å²) in [5.74, 6) is 1.13. The molecule has 0 aromatic carbocycles. The standard InChI is InChI=1S/C19H37N5O4S/c1-4-20-19(21-7-14-28-15-16-29(3,26)27)24-12-10-22(11-13-24)17(2)18(25)23-8-5-6-9-23/h17H,4-16H2,1-3H3,(H,20,21). The van der Waals surface area contributed by atoms with Crippen LogP contribution in [0.25, 0.3) is 0 Å². The molecule has 1 atom stereocenters. The molecule has 2 saturated heterocycles. The zero-order valence-corrected chi connectivity index (χ0v) is 18.9. The Labute approximate surface area is 175 Å². The molecule has 1 N–H and O–H groups in total. The lowest BCUT2D eigenvalue weighted by Gasteiger charge is -2.39. The lowest BCUT2D eigenvalue weighted by atomic mass is 10.2. The number of piperazine rings is 1. The van der Waals surface area contributed by atoms with Crippen molar-refractivity contribution in [2.45, 2.75) is 32.7 Å². The topological polar surface area (TPSA) is 94.5 Å². The van der Waals surface area contributed by atoms with E-state index in [0.29, 0.717) is 13.2 Å². The Hall–Kier alpha value is -1.39. The number of ether oxygens (including phenoxy) is 1. The lowest BCUT2D eigenvalue weighted by molar-refractivity contribution is -0.135. The SMILES string of the molecule is CCNC(=NCCOCCS(C)(=O)=O)N1CCN(C(C)C(=O)N2CCCC2)CC1. The van der Waals surface area contributed by atoms with Crippen molar-refractivity contribution >= 4 is 21.7 Å². The van der Waals surface area contributed by atoms with Gasteiger partial charge in [-0.2, -0.15) is 0 Å². The van der Waals surface area contributed by atoms with E-state index in [1.54, 1.807) is 0 Å². The maximum Gasteiger partial charge on any atom is 0.239 e. The third-order valence-corrected chi connectivity index (χ3v) is 6.28. The van der Waals surface area contributed by atoms with Crippen LogP contribution >= 0.6 is 0 Å². The number of hydrogen-bond acceptors (Lipinski definition) is 6. The van der Waals surface area contributed by atoms with Crippen molar-refractivity contribution < 1.29 is 17.9 Å².